The summed E-state index contributed by atoms with van der Waals surface area (Å²) in [7, 11) is -9.78. The van der Waals surface area contributed by atoms with Gasteiger partial charge in [-0.1, -0.05) is 19.4 Å². The predicted octanol–water partition coefficient (Wildman–Crippen LogP) is 6.33. The molecule has 11 heteroatoms. The van der Waals surface area contributed by atoms with Gasteiger partial charge in [-0.3, -0.25) is 4.79 Å². The van der Waals surface area contributed by atoms with Crippen LogP contribution in [0.2, 0.25) is 0 Å². The third-order valence-electron chi connectivity index (χ3n) is 3.87. The molecule has 0 spiro atoms. The summed E-state index contributed by atoms with van der Waals surface area (Å²) in [6.07, 6.45) is 2.75. The molecule has 0 saturated heterocycles. The van der Waals surface area contributed by atoms with Crippen LogP contribution < -0.4 is 10.3 Å². The maximum atomic E-state index is 12.8. The molecule has 0 N–H and O–H groups in total. The van der Waals surface area contributed by atoms with E-state index in [4.69, 9.17) is 4.74 Å². The highest BCUT2D eigenvalue weighted by Crippen LogP contribution is 3.02. The summed E-state index contributed by atoms with van der Waals surface area (Å²) < 4.78 is 83.3. The summed E-state index contributed by atoms with van der Waals surface area (Å²) in [5.74, 6) is -0.175. The molecule has 0 amide bonds. The Morgan fingerprint density at radius 3 is 2.28 bits per heavy atom. The average molecular weight is 436 g/mol. The lowest BCUT2D eigenvalue weighted by Gasteiger charge is -2.40. The number of hydrogen-bond acceptors (Lipinski definition) is 3. The topological polar surface area (TPSA) is 44.1 Å². The van der Waals surface area contributed by atoms with Crippen molar-refractivity contribution in [2.24, 2.45) is 0 Å². The van der Waals surface area contributed by atoms with E-state index >= 15 is 0 Å². The molecule has 0 fully saturated rings. The molecule has 0 unspecified atom stereocenters. The lowest BCUT2D eigenvalue weighted by Crippen LogP contribution is -2.19. The van der Waals surface area contributed by atoms with Gasteiger partial charge in [-0.25, -0.2) is 9.37 Å². The van der Waals surface area contributed by atoms with Gasteiger partial charge in [-0.15, -0.1) is 0 Å². The Morgan fingerprint density at radius 2 is 1.66 bits per heavy atom. The van der Waals surface area contributed by atoms with Crippen LogP contribution in [0.1, 0.15) is 0 Å². The Hall–Kier alpha value is -2.95. The smallest absolute Gasteiger partial charge is 0.310 e. The summed E-state index contributed by atoms with van der Waals surface area (Å²) in [4.78, 5) is 13.7. The summed E-state index contributed by atoms with van der Waals surface area (Å²) in [6, 6.07) is 7.81. The van der Waals surface area contributed by atoms with Crippen LogP contribution in [0.25, 0.3) is 11.1 Å². The highest BCUT2D eigenvalue weighted by atomic mass is 32.5. The summed E-state index contributed by atoms with van der Waals surface area (Å²) in [5, 5.41) is 0. The zero-order chi connectivity index (χ0) is 21.3. The van der Waals surface area contributed by atoms with E-state index in [1.807, 2.05) is 0 Å². The average Bonchev–Trinajstić information content (AvgIpc) is 2.63. The van der Waals surface area contributed by atoms with Crippen LogP contribution in [0.5, 0.6) is 11.6 Å². The third-order valence-corrected chi connectivity index (χ3v) is 5.04. The van der Waals surface area contributed by atoms with Crippen molar-refractivity contribution < 1.29 is 28.6 Å². The fourth-order valence-electron chi connectivity index (χ4n) is 2.52. The largest absolute Gasteiger partial charge is 0.438 e. The normalized spacial score (nSPS) is 14.1. The number of benzene rings is 1. The number of halogens is 6. The van der Waals surface area contributed by atoms with Crippen LogP contribution in [-0.4, -0.2) is 16.2 Å². The fraction of sp³-hybridized carbons (Fsp3) is 0.111. The molecule has 156 valence electrons. The lowest BCUT2D eigenvalue weighted by atomic mass is 10.1. The molecular formula is C18H14F6N2O2S. The van der Waals surface area contributed by atoms with Gasteiger partial charge in [-0.2, -0.15) is 0 Å². The number of aromatic nitrogens is 2. The summed E-state index contributed by atoms with van der Waals surface area (Å²) in [6.45, 7) is -0.906. The summed E-state index contributed by atoms with van der Waals surface area (Å²) >= 11 is 0. The molecule has 0 aliphatic carbocycles. The van der Waals surface area contributed by atoms with Crippen LogP contribution >= 0.6 is 10.2 Å². The number of nitrogens with zero attached hydrogens (tertiary/aromatic N) is 2. The number of aryl methyl sites for hydroxylation is 1. The zero-order valence-corrected chi connectivity index (χ0v) is 15.4. The minimum atomic E-state index is -9.78. The Bertz CT molecular complexity index is 1100. The first-order chi connectivity index (χ1) is 13.4. The van der Waals surface area contributed by atoms with Crippen molar-refractivity contribution in [3.8, 4) is 22.8 Å². The van der Waals surface area contributed by atoms with Crippen LogP contribution in [-0.2, 0) is 6.54 Å². The number of hydrogen-bond donors (Lipinski definition) is 0. The molecule has 0 atom stereocenters. The third kappa shape index (κ3) is 4.91. The minimum absolute atomic E-state index is 0.0296. The maximum Gasteiger partial charge on any atom is 0.310 e. The van der Waals surface area contributed by atoms with Crippen molar-refractivity contribution in [3.05, 3.63) is 71.3 Å². The van der Waals surface area contributed by atoms with Crippen LogP contribution in [0, 0.1) is 0 Å². The van der Waals surface area contributed by atoms with Gasteiger partial charge in [0, 0.05) is 29.6 Å². The fourth-order valence-corrected chi connectivity index (χ4v) is 3.18. The van der Waals surface area contributed by atoms with Crippen LogP contribution in [0.3, 0.4) is 0 Å². The second-order valence-corrected chi connectivity index (χ2v) is 8.45. The first-order valence-corrected chi connectivity index (χ1v) is 10.1. The van der Waals surface area contributed by atoms with Gasteiger partial charge in [0.2, 0.25) is 5.88 Å². The Labute approximate surface area is 161 Å². The molecule has 0 bridgehead atoms. The molecule has 29 heavy (non-hydrogen) atoms. The van der Waals surface area contributed by atoms with Gasteiger partial charge in [-0.05, 0) is 42.5 Å². The number of ether oxygens (including phenoxy) is 1. The van der Waals surface area contributed by atoms with Crippen molar-refractivity contribution in [1.29, 1.82) is 0 Å². The molecule has 3 rings (SSSR count). The van der Waals surface area contributed by atoms with Crippen LogP contribution in [0.4, 0.5) is 23.8 Å². The number of alkyl halides is 1. The van der Waals surface area contributed by atoms with E-state index in [1.54, 1.807) is 12.1 Å². The molecule has 2 aromatic heterocycles. The van der Waals surface area contributed by atoms with Crippen molar-refractivity contribution in [2.75, 3.05) is 6.67 Å². The van der Waals surface area contributed by atoms with Crippen molar-refractivity contribution in [1.82, 2.24) is 9.55 Å². The van der Waals surface area contributed by atoms with Crippen molar-refractivity contribution in [2.45, 2.75) is 11.4 Å². The SMILES string of the molecule is O=c1ccc(-c2cccnc2Oc2ccc(S(F)(F)(F)(F)F)cc2)cn1CCF. The van der Waals surface area contributed by atoms with Gasteiger partial charge >= 0.3 is 10.2 Å². The Morgan fingerprint density at radius 1 is 0.966 bits per heavy atom. The van der Waals surface area contributed by atoms with Gasteiger partial charge in [0.1, 0.15) is 17.3 Å². The van der Waals surface area contributed by atoms with E-state index in [-0.39, 0.29) is 30.3 Å². The molecular weight excluding hydrogens is 422 g/mol. The van der Waals surface area contributed by atoms with Crippen molar-refractivity contribution >= 4 is 10.2 Å². The molecule has 1 aromatic carbocycles. The predicted molar refractivity (Wildman–Crippen MR) is 97.8 cm³/mol. The monoisotopic (exact) mass is 436 g/mol. The van der Waals surface area contributed by atoms with E-state index in [0.717, 1.165) is 16.7 Å². The van der Waals surface area contributed by atoms with Gasteiger partial charge in [0.25, 0.3) is 5.56 Å². The lowest BCUT2D eigenvalue weighted by molar-refractivity contribution is 0.363. The van der Waals surface area contributed by atoms with Gasteiger partial charge in [0.05, 0.1) is 6.54 Å². The maximum absolute atomic E-state index is 12.8. The molecule has 4 nitrogen and oxygen atoms in total. The van der Waals surface area contributed by atoms with Gasteiger partial charge in [0.15, 0.2) is 0 Å². The quantitative estimate of drug-likeness (QED) is 0.424. The second-order valence-electron chi connectivity index (χ2n) is 6.04. The van der Waals surface area contributed by atoms with E-state index < -0.39 is 27.4 Å². The van der Waals surface area contributed by atoms with Crippen molar-refractivity contribution in [3.63, 3.8) is 0 Å². The molecule has 0 radical (unpaired) electrons. The van der Waals surface area contributed by atoms with E-state index in [1.165, 1.54) is 24.5 Å². The van der Waals surface area contributed by atoms with E-state index in [2.05, 4.69) is 4.98 Å². The highest BCUT2D eigenvalue weighted by Gasteiger charge is 2.65. The molecule has 3 aromatic rings. The van der Waals surface area contributed by atoms with Crippen LogP contribution in [0.15, 0.2) is 70.6 Å². The number of rotatable bonds is 6. The standard InChI is InChI=1S/C18H14F6N2O2S/c19-9-11-26-12-13(3-8-17(26)27)16-2-1-10-25-18(16)28-14-4-6-15(7-5-14)29(20,21,22,23)24/h1-8,10,12H,9,11H2. The minimum Gasteiger partial charge on any atom is -0.438 e. The molecule has 2 heterocycles. The van der Waals surface area contributed by atoms with E-state index in [0.29, 0.717) is 11.1 Å². The molecule has 0 aliphatic heterocycles. The van der Waals surface area contributed by atoms with Gasteiger partial charge < -0.3 is 9.30 Å². The zero-order valence-electron chi connectivity index (χ0n) is 14.6. The molecule has 0 aliphatic rings. The Balaban J connectivity index is 1.95. The van der Waals surface area contributed by atoms with E-state index in [9.17, 15) is 28.6 Å². The first-order valence-electron chi connectivity index (χ1n) is 8.11. The first kappa shape index (κ1) is 20.8. The highest BCUT2D eigenvalue weighted by molar-refractivity contribution is 8.45. The second kappa shape index (κ2) is 6.55. The molecule has 0 saturated carbocycles. The number of pyridine rings is 2. The Kier molecular flexibility index (Phi) is 4.69. The summed E-state index contributed by atoms with van der Waals surface area (Å²) in [5.41, 5.74) is 0.408.